The lowest BCUT2D eigenvalue weighted by Gasteiger charge is -2.08. The Balaban J connectivity index is 1.72. The first kappa shape index (κ1) is 20.2. The Labute approximate surface area is 179 Å². The second-order valence-corrected chi connectivity index (χ2v) is 7.25. The van der Waals surface area contributed by atoms with E-state index in [2.05, 4.69) is 0 Å². The van der Waals surface area contributed by atoms with Crippen molar-refractivity contribution >= 4 is 28.3 Å². The molecule has 0 saturated carbocycles. The number of aromatic carboxylic acids is 1. The van der Waals surface area contributed by atoms with E-state index in [0.717, 1.165) is 10.8 Å². The summed E-state index contributed by atoms with van der Waals surface area (Å²) < 4.78 is 1.80. The standard InChI is InChI=1S/C26H19NO4/c28-24(20-10-6-11-21(15-20)26(30)31)16-23-22-12-5-4-7-18(22)13-14-27(23)17-25(29)19-8-2-1-3-9-19/h1-15H,16-17H2/p+1. The Morgan fingerprint density at radius 1 is 0.710 bits per heavy atom. The van der Waals surface area contributed by atoms with Gasteiger partial charge in [-0.2, -0.15) is 4.57 Å². The van der Waals surface area contributed by atoms with E-state index >= 15 is 0 Å². The number of pyridine rings is 1. The van der Waals surface area contributed by atoms with Crippen molar-refractivity contribution in [3.63, 3.8) is 0 Å². The van der Waals surface area contributed by atoms with Gasteiger partial charge in [-0.15, -0.1) is 0 Å². The largest absolute Gasteiger partial charge is 0.478 e. The molecule has 0 fully saturated rings. The molecule has 3 aromatic carbocycles. The van der Waals surface area contributed by atoms with Crippen LogP contribution in [-0.2, 0) is 13.0 Å². The van der Waals surface area contributed by atoms with Gasteiger partial charge in [-0.1, -0.05) is 60.7 Å². The summed E-state index contributed by atoms with van der Waals surface area (Å²) in [4.78, 5) is 37.1. The predicted octanol–water partition coefficient (Wildman–Crippen LogP) is 4.13. The van der Waals surface area contributed by atoms with Gasteiger partial charge in [0.1, 0.15) is 0 Å². The van der Waals surface area contributed by atoms with Gasteiger partial charge >= 0.3 is 5.97 Å². The fourth-order valence-corrected chi connectivity index (χ4v) is 3.61. The summed E-state index contributed by atoms with van der Waals surface area (Å²) in [6, 6.07) is 24.7. The summed E-state index contributed by atoms with van der Waals surface area (Å²) in [6.45, 7) is 0.104. The van der Waals surface area contributed by atoms with Gasteiger partial charge in [0, 0.05) is 22.6 Å². The second-order valence-electron chi connectivity index (χ2n) is 7.25. The van der Waals surface area contributed by atoms with Crippen LogP contribution < -0.4 is 4.57 Å². The van der Waals surface area contributed by atoms with Crippen molar-refractivity contribution in [1.82, 2.24) is 0 Å². The van der Waals surface area contributed by atoms with E-state index in [1.807, 2.05) is 54.7 Å². The number of rotatable bonds is 7. The lowest BCUT2D eigenvalue weighted by Crippen LogP contribution is -2.42. The minimum atomic E-state index is -1.08. The monoisotopic (exact) mass is 410 g/mol. The van der Waals surface area contributed by atoms with Crippen LogP contribution >= 0.6 is 0 Å². The van der Waals surface area contributed by atoms with Crippen LogP contribution in [0.4, 0.5) is 0 Å². The fourth-order valence-electron chi connectivity index (χ4n) is 3.61. The first-order chi connectivity index (χ1) is 15.0. The molecular weight excluding hydrogens is 390 g/mol. The summed E-state index contributed by atoms with van der Waals surface area (Å²) in [5.41, 5.74) is 1.72. The van der Waals surface area contributed by atoms with Crippen LogP contribution in [0.25, 0.3) is 10.8 Å². The Morgan fingerprint density at radius 2 is 1.39 bits per heavy atom. The topological polar surface area (TPSA) is 75.3 Å². The zero-order chi connectivity index (χ0) is 21.8. The van der Waals surface area contributed by atoms with Crippen molar-refractivity contribution in [1.29, 1.82) is 0 Å². The molecule has 0 bridgehead atoms. The van der Waals surface area contributed by atoms with Gasteiger partial charge in [0.2, 0.25) is 12.3 Å². The quantitative estimate of drug-likeness (QED) is 0.367. The van der Waals surface area contributed by atoms with Crippen molar-refractivity contribution in [2.24, 2.45) is 0 Å². The van der Waals surface area contributed by atoms with Crippen molar-refractivity contribution < 1.29 is 24.1 Å². The predicted molar refractivity (Wildman–Crippen MR) is 116 cm³/mol. The Bertz CT molecular complexity index is 1300. The number of hydrogen-bond acceptors (Lipinski definition) is 3. The molecule has 31 heavy (non-hydrogen) atoms. The maximum Gasteiger partial charge on any atom is 0.335 e. The van der Waals surface area contributed by atoms with E-state index < -0.39 is 5.97 Å². The molecule has 0 radical (unpaired) electrons. The molecule has 0 aliphatic carbocycles. The summed E-state index contributed by atoms with van der Waals surface area (Å²) in [5.74, 6) is -1.34. The minimum Gasteiger partial charge on any atom is -0.478 e. The molecular formula is C26H20NO4+. The minimum absolute atomic E-state index is 0.0481. The van der Waals surface area contributed by atoms with Gasteiger partial charge in [0.05, 0.1) is 12.0 Å². The van der Waals surface area contributed by atoms with Gasteiger partial charge < -0.3 is 5.11 Å². The first-order valence-corrected chi connectivity index (χ1v) is 9.88. The van der Waals surface area contributed by atoms with Gasteiger partial charge in [-0.3, -0.25) is 9.59 Å². The number of benzene rings is 3. The maximum absolute atomic E-state index is 13.0. The third-order valence-electron chi connectivity index (χ3n) is 5.22. The third kappa shape index (κ3) is 4.41. The van der Waals surface area contributed by atoms with Crippen LogP contribution in [0.1, 0.15) is 36.8 Å². The molecule has 0 aliphatic heterocycles. The number of nitrogens with zero attached hydrogens (tertiary/aromatic N) is 1. The maximum atomic E-state index is 13.0. The summed E-state index contributed by atoms with van der Waals surface area (Å²) in [6.07, 6.45) is 1.87. The molecule has 4 rings (SSSR count). The highest BCUT2D eigenvalue weighted by Crippen LogP contribution is 2.18. The molecule has 1 heterocycles. The van der Waals surface area contributed by atoms with Gasteiger partial charge in [-0.05, 0) is 23.6 Å². The first-order valence-electron chi connectivity index (χ1n) is 9.88. The molecule has 0 aliphatic rings. The van der Waals surface area contributed by atoms with E-state index in [9.17, 15) is 19.5 Å². The molecule has 4 aromatic rings. The summed E-state index contributed by atoms with van der Waals surface area (Å²) in [7, 11) is 0. The van der Waals surface area contributed by atoms with Crippen molar-refractivity contribution in [3.8, 4) is 0 Å². The molecule has 1 aromatic heterocycles. The van der Waals surface area contributed by atoms with Gasteiger partial charge in [0.15, 0.2) is 17.7 Å². The highest BCUT2D eigenvalue weighted by atomic mass is 16.4. The number of carboxylic acids is 1. The average Bonchev–Trinajstić information content (AvgIpc) is 2.81. The fraction of sp³-hybridized carbons (Fsp3) is 0.0769. The molecule has 5 nitrogen and oxygen atoms in total. The number of carbonyl (C=O) groups is 3. The van der Waals surface area contributed by atoms with Gasteiger partial charge in [-0.25, -0.2) is 4.79 Å². The number of aromatic nitrogens is 1. The molecule has 0 saturated heterocycles. The Kier molecular flexibility index (Phi) is 5.67. The van der Waals surface area contributed by atoms with Crippen LogP contribution in [0, 0.1) is 0 Å². The lowest BCUT2D eigenvalue weighted by molar-refractivity contribution is -0.688. The molecule has 0 unspecified atom stereocenters. The van der Waals surface area contributed by atoms with Crippen LogP contribution in [0.5, 0.6) is 0 Å². The molecule has 0 spiro atoms. The van der Waals surface area contributed by atoms with Crippen LogP contribution in [-0.4, -0.2) is 22.6 Å². The highest BCUT2D eigenvalue weighted by Gasteiger charge is 2.23. The Morgan fingerprint density at radius 3 is 2.16 bits per heavy atom. The van der Waals surface area contributed by atoms with Gasteiger partial charge in [0.25, 0.3) is 0 Å². The lowest BCUT2D eigenvalue weighted by atomic mass is 10.00. The molecule has 0 atom stereocenters. The molecule has 152 valence electrons. The molecule has 1 N–H and O–H groups in total. The Hall–Kier alpha value is -4.12. The summed E-state index contributed by atoms with van der Waals surface area (Å²) in [5, 5.41) is 11.1. The number of fused-ring (bicyclic) bond motifs is 1. The highest BCUT2D eigenvalue weighted by molar-refractivity contribution is 6.01. The number of carbonyl (C=O) groups excluding carboxylic acids is 2. The normalized spacial score (nSPS) is 10.7. The number of ketones is 2. The average molecular weight is 410 g/mol. The number of carboxylic acid groups (broad SMARTS) is 1. The zero-order valence-corrected chi connectivity index (χ0v) is 16.7. The number of hydrogen-bond donors (Lipinski definition) is 1. The van der Waals surface area contributed by atoms with Crippen molar-refractivity contribution in [3.05, 3.63) is 114 Å². The molecule has 0 amide bonds. The van der Waals surface area contributed by atoms with Crippen LogP contribution in [0.2, 0.25) is 0 Å². The zero-order valence-electron chi connectivity index (χ0n) is 16.7. The molecule has 5 heteroatoms. The van der Waals surface area contributed by atoms with E-state index in [1.54, 1.807) is 28.8 Å². The third-order valence-corrected chi connectivity index (χ3v) is 5.22. The smallest absolute Gasteiger partial charge is 0.335 e. The van der Waals surface area contributed by atoms with E-state index in [4.69, 9.17) is 0 Å². The SMILES string of the molecule is O=C(O)c1cccc(C(=O)Cc2c3ccccc3cc[n+]2CC(=O)c2ccccc2)c1. The van der Waals surface area contributed by atoms with E-state index in [0.29, 0.717) is 16.8 Å². The van der Waals surface area contributed by atoms with Crippen LogP contribution in [0.3, 0.4) is 0 Å². The second kappa shape index (κ2) is 8.71. The van der Waals surface area contributed by atoms with E-state index in [-0.39, 0.29) is 30.1 Å². The summed E-state index contributed by atoms with van der Waals surface area (Å²) >= 11 is 0. The van der Waals surface area contributed by atoms with Crippen LogP contribution in [0.15, 0.2) is 91.1 Å². The van der Waals surface area contributed by atoms with E-state index in [1.165, 1.54) is 12.1 Å². The number of Topliss-reactive ketones (excluding diaryl/α,β-unsaturated/α-hetero) is 2. The van der Waals surface area contributed by atoms with Crippen molar-refractivity contribution in [2.45, 2.75) is 13.0 Å². The van der Waals surface area contributed by atoms with Crippen molar-refractivity contribution in [2.75, 3.05) is 0 Å².